The van der Waals surface area contributed by atoms with Gasteiger partial charge in [-0.3, -0.25) is 9.59 Å². The van der Waals surface area contributed by atoms with Crippen molar-refractivity contribution in [1.29, 1.82) is 0 Å². The highest BCUT2D eigenvalue weighted by Crippen LogP contribution is 2.12. The number of rotatable bonds is 7. The van der Waals surface area contributed by atoms with Crippen LogP contribution in [0.25, 0.3) is 0 Å². The van der Waals surface area contributed by atoms with Crippen LogP contribution in [-0.2, 0) is 17.9 Å². The first-order valence-corrected chi connectivity index (χ1v) is 9.03. The van der Waals surface area contributed by atoms with Crippen molar-refractivity contribution in [2.45, 2.75) is 26.4 Å². The topological polar surface area (TPSA) is 88.9 Å². The van der Waals surface area contributed by atoms with Gasteiger partial charge < -0.3 is 15.2 Å². The van der Waals surface area contributed by atoms with Gasteiger partial charge in [0.05, 0.1) is 12.9 Å². The fraction of sp³-hybridized carbons (Fsp3) is 0.222. The zero-order valence-corrected chi connectivity index (χ0v) is 15.1. The molecule has 3 rings (SSSR count). The van der Waals surface area contributed by atoms with Gasteiger partial charge in [0, 0.05) is 47.7 Å². The van der Waals surface area contributed by atoms with Gasteiger partial charge in [-0.1, -0.05) is 6.07 Å². The van der Waals surface area contributed by atoms with E-state index in [9.17, 15) is 9.59 Å². The van der Waals surface area contributed by atoms with Crippen LogP contribution in [-0.4, -0.2) is 26.3 Å². The first-order valence-electron chi connectivity index (χ1n) is 8.15. The maximum Gasteiger partial charge on any atom is 0.251 e. The van der Waals surface area contributed by atoms with Crippen molar-refractivity contribution >= 4 is 28.8 Å². The van der Waals surface area contributed by atoms with Crippen molar-refractivity contribution in [2.75, 3.05) is 5.32 Å². The van der Waals surface area contributed by atoms with Crippen LogP contribution in [0.1, 0.15) is 27.5 Å². The summed E-state index contributed by atoms with van der Waals surface area (Å²) in [5.74, 6) is -0.318. The van der Waals surface area contributed by atoms with Crippen LogP contribution in [0.2, 0.25) is 0 Å². The van der Waals surface area contributed by atoms with Gasteiger partial charge >= 0.3 is 0 Å². The third-order valence-corrected chi connectivity index (χ3v) is 4.60. The minimum Gasteiger partial charge on any atom is -0.346 e. The molecule has 134 valence electrons. The minimum absolute atomic E-state index is 0.116. The molecular weight excluding hydrogens is 350 g/mol. The molecule has 0 bridgehead atoms. The average Bonchev–Trinajstić information content (AvgIpc) is 3.29. The number of nitrogens with one attached hydrogen (secondary N) is 2. The largest absolute Gasteiger partial charge is 0.346 e. The van der Waals surface area contributed by atoms with Crippen molar-refractivity contribution in [2.24, 2.45) is 0 Å². The van der Waals surface area contributed by atoms with Crippen LogP contribution in [0.5, 0.6) is 0 Å². The molecule has 2 N–H and O–H groups in total. The van der Waals surface area contributed by atoms with E-state index < -0.39 is 0 Å². The number of hydrogen-bond donors (Lipinski definition) is 2. The zero-order valence-electron chi connectivity index (χ0n) is 14.3. The van der Waals surface area contributed by atoms with E-state index in [1.807, 2.05) is 23.1 Å². The lowest BCUT2D eigenvalue weighted by atomic mass is 10.2. The van der Waals surface area contributed by atoms with Crippen LogP contribution in [0.15, 0.2) is 48.4 Å². The van der Waals surface area contributed by atoms with Crippen molar-refractivity contribution in [3.63, 3.8) is 0 Å². The van der Waals surface area contributed by atoms with Gasteiger partial charge in [0.1, 0.15) is 5.01 Å². The highest BCUT2D eigenvalue weighted by Gasteiger charge is 2.09. The molecule has 2 heterocycles. The maximum absolute atomic E-state index is 12.3. The monoisotopic (exact) mass is 369 g/mol. The third-order valence-electron chi connectivity index (χ3n) is 3.63. The van der Waals surface area contributed by atoms with Crippen molar-refractivity contribution in [1.82, 2.24) is 19.9 Å². The first-order chi connectivity index (χ1) is 12.6. The molecule has 0 saturated carbocycles. The molecule has 0 saturated heterocycles. The summed E-state index contributed by atoms with van der Waals surface area (Å²) >= 11 is 1.51. The number of hydrogen-bond acceptors (Lipinski definition) is 5. The lowest BCUT2D eigenvalue weighted by Gasteiger charge is -2.08. The Bertz CT molecular complexity index is 889. The molecule has 0 spiro atoms. The number of aromatic nitrogens is 3. The Morgan fingerprint density at radius 1 is 1.31 bits per heavy atom. The van der Waals surface area contributed by atoms with E-state index >= 15 is 0 Å². The highest BCUT2D eigenvalue weighted by molar-refractivity contribution is 7.09. The summed E-state index contributed by atoms with van der Waals surface area (Å²) in [4.78, 5) is 32.6. The molecule has 0 fully saturated rings. The summed E-state index contributed by atoms with van der Waals surface area (Å²) in [6.07, 6.45) is 5.48. The van der Waals surface area contributed by atoms with Crippen LogP contribution < -0.4 is 10.6 Å². The molecule has 0 aliphatic rings. The number of aryl methyl sites for hydroxylation is 2. The van der Waals surface area contributed by atoms with Gasteiger partial charge in [0.25, 0.3) is 5.91 Å². The first kappa shape index (κ1) is 17.8. The number of carbonyl (C=O) groups excluding carboxylic acids is 2. The normalized spacial score (nSPS) is 10.5. The molecule has 26 heavy (non-hydrogen) atoms. The van der Waals surface area contributed by atoms with Crippen LogP contribution in [0.3, 0.4) is 0 Å². The van der Waals surface area contributed by atoms with Crippen molar-refractivity contribution in [3.05, 3.63) is 64.6 Å². The molecule has 0 unspecified atom stereocenters. The smallest absolute Gasteiger partial charge is 0.251 e. The Morgan fingerprint density at radius 2 is 2.19 bits per heavy atom. The molecule has 2 aromatic heterocycles. The number of nitrogens with zero attached hydrogens (tertiary/aromatic N) is 3. The molecule has 0 aliphatic heterocycles. The van der Waals surface area contributed by atoms with Crippen LogP contribution in [0.4, 0.5) is 5.69 Å². The van der Waals surface area contributed by atoms with Crippen molar-refractivity contribution in [3.8, 4) is 0 Å². The van der Waals surface area contributed by atoms with Gasteiger partial charge in [-0.2, -0.15) is 0 Å². The lowest BCUT2D eigenvalue weighted by molar-refractivity contribution is -0.116. The molecule has 3 aromatic rings. The number of thiazole rings is 1. The molecule has 0 aliphatic carbocycles. The Hall–Kier alpha value is -3.00. The van der Waals surface area contributed by atoms with Gasteiger partial charge in [-0.15, -0.1) is 11.3 Å². The fourth-order valence-electron chi connectivity index (χ4n) is 2.35. The minimum atomic E-state index is -0.202. The fourth-order valence-corrected chi connectivity index (χ4v) is 3.06. The van der Waals surface area contributed by atoms with Crippen LogP contribution >= 0.6 is 11.3 Å². The van der Waals surface area contributed by atoms with E-state index in [4.69, 9.17) is 0 Å². The number of anilines is 1. The summed E-state index contributed by atoms with van der Waals surface area (Å²) in [6, 6.07) is 6.88. The van der Waals surface area contributed by atoms with Gasteiger partial charge in [-0.05, 0) is 25.1 Å². The maximum atomic E-state index is 12.3. The molecule has 0 atom stereocenters. The Morgan fingerprint density at radius 3 is 2.92 bits per heavy atom. The third kappa shape index (κ3) is 5.00. The average molecular weight is 369 g/mol. The second-order valence-electron chi connectivity index (χ2n) is 5.74. The second-order valence-corrected chi connectivity index (χ2v) is 6.69. The Balaban J connectivity index is 1.53. The summed E-state index contributed by atoms with van der Waals surface area (Å²) in [5.41, 5.74) is 2.03. The van der Waals surface area contributed by atoms with E-state index in [1.54, 1.807) is 36.8 Å². The van der Waals surface area contributed by atoms with Gasteiger partial charge in [0.2, 0.25) is 5.91 Å². The number of carbonyl (C=O) groups is 2. The summed E-state index contributed by atoms with van der Waals surface area (Å²) in [5, 5.41) is 8.46. The quantitative estimate of drug-likeness (QED) is 0.670. The van der Waals surface area contributed by atoms with Gasteiger partial charge in [0.15, 0.2) is 0 Å². The molecule has 1 aromatic carbocycles. The van der Waals surface area contributed by atoms with E-state index in [1.165, 1.54) is 11.3 Å². The highest BCUT2D eigenvalue weighted by atomic mass is 32.1. The number of amides is 2. The SMILES string of the molecule is Cc1csc(CNC(=O)c2cccc(NC(=O)CCn3ccnc3)c2)n1. The molecule has 7 nitrogen and oxygen atoms in total. The van der Waals surface area contributed by atoms with E-state index in [-0.39, 0.29) is 11.8 Å². The predicted molar refractivity (Wildman–Crippen MR) is 99.9 cm³/mol. The summed E-state index contributed by atoms with van der Waals surface area (Å²) in [6.45, 7) is 2.86. The zero-order chi connectivity index (χ0) is 18.4. The summed E-state index contributed by atoms with van der Waals surface area (Å²) < 4.78 is 1.84. The molecule has 2 amide bonds. The Labute approximate surface area is 155 Å². The Kier molecular flexibility index (Phi) is 5.75. The van der Waals surface area contributed by atoms with Crippen molar-refractivity contribution < 1.29 is 9.59 Å². The van der Waals surface area contributed by atoms with Gasteiger partial charge in [-0.25, -0.2) is 9.97 Å². The van der Waals surface area contributed by atoms with E-state index in [0.29, 0.717) is 30.8 Å². The second kappa shape index (κ2) is 8.39. The standard InChI is InChI=1S/C18H19N5O2S/c1-13-11-26-17(21-13)10-20-18(25)14-3-2-4-15(9-14)22-16(24)5-7-23-8-6-19-12-23/h2-4,6,8-9,11-12H,5,7,10H2,1H3,(H,20,25)(H,22,24). The van der Waals surface area contributed by atoms with E-state index in [2.05, 4.69) is 20.6 Å². The molecular formula is C18H19N5O2S. The van der Waals surface area contributed by atoms with E-state index in [0.717, 1.165) is 10.7 Å². The lowest BCUT2D eigenvalue weighted by Crippen LogP contribution is -2.23. The molecule has 0 radical (unpaired) electrons. The predicted octanol–water partition coefficient (Wildman–Crippen LogP) is 2.61. The number of benzene rings is 1. The molecule has 8 heteroatoms. The van der Waals surface area contributed by atoms with Crippen LogP contribution in [0, 0.1) is 6.92 Å². The summed E-state index contributed by atoms with van der Waals surface area (Å²) in [7, 11) is 0. The number of imidazole rings is 1.